The molecule has 2 aromatic heterocycles. The summed E-state index contributed by atoms with van der Waals surface area (Å²) in [5.74, 6) is 0. The lowest BCUT2D eigenvalue weighted by atomic mass is 9.82. The molecule has 0 atom stereocenters. The number of aryl methyl sites for hydroxylation is 2. The van der Waals surface area contributed by atoms with Crippen molar-refractivity contribution in [3.63, 3.8) is 0 Å². The van der Waals surface area contributed by atoms with Crippen LogP contribution in [0.4, 0.5) is 0 Å². The van der Waals surface area contributed by atoms with E-state index in [0.717, 1.165) is 36.2 Å². The van der Waals surface area contributed by atoms with Crippen LogP contribution in [0.25, 0.3) is 99.7 Å². The largest absolute Gasteiger partial charge is 0.254 e. The lowest BCUT2D eigenvalue weighted by molar-refractivity contribution is 0.832. The second-order valence-corrected chi connectivity index (χ2v) is 14.3. The molecule has 9 aromatic rings. The van der Waals surface area contributed by atoms with Crippen LogP contribution >= 0.6 is 0 Å². The molecule has 0 unspecified atom stereocenters. The fourth-order valence-electron chi connectivity index (χ4n) is 9.10. The van der Waals surface area contributed by atoms with Crippen LogP contribution in [0.2, 0.25) is 0 Å². The van der Waals surface area contributed by atoms with Gasteiger partial charge < -0.3 is 0 Å². The summed E-state index contributed by atoms with van der Waals surface area (Å²) in [4.78, 5) is 9.69. The number of hydrogen-bond acceptors (Lipinski definition) is 2. The molecule has 0 saturated heterocycles. The van der Waals surface area contributed by atoms with Crippen molar-refractivity contribution >= 4 is 21.5 Å². The summed E-state index contributed by atoms with van der Waals surface area (Å²) in [6.07, 6.45) is 7.07. The van der Waals surface area contributed by atoms with Crippen molar-refractivity contribution in [2.24, 2.45) is 0 Å². The SMILES string of the molecule is c1ccc(-c2c3c(c(-c4ccccc4)c4ccccc24)-c2ccc(-c4ccc(-c5cnc6c(c5)CCCc5cccnc5-6)cc4)c4cccc-3c24)cc1. The van der Waals surface area contributed by atoms with E-state index in [1.807, 2.05) is 18.5 Å². The molecular weight excluding hydrogens is 641 g/mol. The Kier molecular flexibility index (Phi) is 6.78. The molecule has 0 saturated carbocycles. The highest BCUT2D eigenvalue weighted by Gasteiger charge is 2.31. The third-order valence-electron chi connectivity index (χ3n) is 11.4. The van der Waals surface area contributed by atoms with Gasteiger partial charge in [-0.25, -0.2) is 0 Å². The first-order chi connectivity index (χ1) is 26.3. The molecule has 2 aliphatic rings. The Morgan fingerprint density at radius 2 is 0.943 bits per heavy atom. The number of aromatic nitrogens is 2. The first-order valence-corrected chi connectivity index (χ1v) is 18.6. The van der Waals surface area contributed by atoms with Gasteiger partial charge in [0.25, 0.3) is 0 Å². The Bertz CT molecular complexity index is 2800. The van der Waals surface area contributed by atoms with Gasteiger partial charge in [0.2, 0.25) is 0 Å². The summed E-state index contributed by atoms with van der Waals surface area (Å²) < 4.78 is 0. The summed E-state index contributed by atoms with van der Waals surface area (Å²) >= 11 is 0. The third kappa shape index (κ3) is 4.65. The van der Waals surface area contributed by atoms with Gasteiger partial charge in [-0.15, -0.1) is 0 Å². The highest BCUT2D eigenvalue weighted by molar-refractivity contribution is 6.28. The number of nitrogens with zero attached hydrogens (tertiary/aromatic N) is 2. The average Bonchev–Trinajstić information content (AvgIpc) is 3.43. The lowest BCUT2D eigenvalue weighted by Gasteiger charge is -2.20. The number of hydrogen-bond donors (Lipinski definition) is 0. The highest BCUT2D eigenvalue weighted by Crippen LogP contribution is 2.58. The minimum atomic E-state index is 1.02. The van der Waals surface area contributed by atoms with E-state index in [1.54, 1.807) is 0 Å². The quantitative estimate of drug-likeness (QED) is 0.186. The van der Waals surface area contributed by atoms with E-state index in [1.165, 1.54) is 93.9 Å². The monoisotopic (exact) mass is 674 g/mol. The Labute approximate surface area is 309 Å². The second kappa shape index (κ2) is 12.0. The molecule has 0 N–H and O–H groups in total. The van der Waals surface area contributed by atoms with Gasteiger partial charge in [-0.1, -0.05) is 146 Å². The maximum atomic E-state index is 4.98. The zero-order valence-electron chi connectivity index (χ0n) is 29.2. The third-order valence-corrected chi connectivity index (χ3v) is 11.4. The van der Waals surface area contributed by atoms with Crippen molar-refractivity contribution in [1.29, 1.82) is 0 Å². The Morgan fingerprint density at radius 1 is 0.358 bits per heavy atom. The highest BCUT2D eigenvalue weighted by atomic mass is 14.8. The summed E-state index contributed by atoms with van der Waals surface area (Å²) in [6, 6.07) is 58.1. The molecule has 2 heteroatoms. The summed E-state index contributed by atoms with van der Waals surface area (Å²) in [5.41, 5.74) is 19.8. The van der Waals surface area contributed by atoms with Gasteiger partial charge >= 0.3 is 0 Å². The van der Waals surface area contributed by atoms with E-state index < -0.39 is 0 Å². The van der Waals surface area contributed by atoms with E-state index in [9.17, 15) is 0 Å². The normalized spacial score (nSPS) is 12.7. The van der Waals surface area contributed by atoms with Crippen molar-refractivity contribution in [2.45, 2.75) is 19.3 Å². The van der Waals surface area contributed by atoms with Crippen molar-refractivity contribution < 1.29 is 0 Å². The molecule has 2 nitrogen and oxygen atoms in total. The number of pyridine rings is 2. The first-order valence-electron chi connectivity index (χ1n) is 18.6. The smallest absolute Gasteiger partial charge is 0.0921 e. The molecule has 53 heavy (non-hydrogen) atoms. The standard InChI is InChI=1S/C51H34N2/c1-3-12-34(13-4-1)45-41-19-7-8-20-42(41)46(35-14-5-2-6-15-35)49-44-28-27-39(40-21-10-22-43(47(40)44)48(45)49)33-25-23-32(24-26-33)38-30-37-17-9-16-36-18-11-29-52-50(36)51(37)53-31-38/h1-8,10-15,18-31H,9,16-17H2. The lowest BCUT2D eigenvalue weighted by Crippen LogP contribution is -1.95. The molecule has 0 fully saturated rings. The first kappa shape index (κ1) is 30.0. The zero-order valence-corrected chi connectivity index (χ0v) is 29.2. The van der Waals surface area contributed by atoms with Crippen LogP contribution < -0.4 is 0 Å². The minimum Gasteiger partial charge on any atom is -0.254 e. The van der Waals surface area contributed by atoms with Crippen LogP contribution in [0.3, 0.4) is 0 Å². The van der Waals surface area contributed by atoms with Gasteiger partial charge in [-0.2, -0.15) is 0 Å². The van der Waals surface area contributed by atoms with Gasteiger partial charge in [0, 0.05) is 18.0 Å². The molecule has 11 rings (SSSR count). The van der Waals surface area contributed by atoms with E-state index in [2.05, 4.69) is 152 Å². The molecule has 0 amide bonds. The second-order valence-electron chi connectivity index (χ2n) is 14.3. The van der Waals surface area contributed by atoms with Crippen LogP contribution in [0.5, 0.6) is 0 Å². The van der Waals surface area contributed by atoms with Crippen LogP contribution in [0.1, 0.15) is 17.5 Å². The molecule has 248 valence electrons. The summed E-state index contributed by atoms with van der Waals surface area (Å²) in [7, 11) is 0. The number of rotatable bonds is 4. The fraction of sp³-hybridized carbons (Fsp3) is 0.0588. The molecule has 0 radical (unpaired) electrons. The summed E-state index contributed by atoms with van der Waals surface area (Å²) in [6.45, 7) is 0. The summed E-state index contributed by atoms with van der Waals surface area (Å²) in [5, 5.41) is 5.18. The maximum absolute atomic E-state index is 4.98. The van der Waals surface area contributed by atoms with Crippen molar-refractivity contribution in [1.82, 2.24) is 9.97 Å². The van der Waals surface area contributed by atoms with Gasteiger partial charge in [0.1, 0.15) is 0 Å². The Hall–Kier alpha value is -6.64. The van der Waals surface area contributed by atoms with Gasteiger partial charge in [0.15, 0.2) is 0 Å². The molecule has 0 aliphatic heterocycles. The molecule has 2 aliphatic carbocycles. The Morgan fingerprint density at radius 3 is 1.66 bits per heavy atom. The van der Waals surface area contributed by atoms with Crippen LogP contribution in [0.15, 0.2) is 170 Å². The van der Waals surface area contributed by atoms with E-state index in [-0.39, 0.29) is 0 Å². The van der Waals surface area contributed by atoms with E-state index in [0.29, 0.717) is 0 Å². The van der Waals surface area contributed by atoms with E-state index >= 15 is 0 Å². The molecular formula is C51H34N2. The number of benzene rings is 7. The average molecular weight is 675 g/mol. The molecule has 2 heterocycles. The predicted octanol–water partition coefficient (Wildman–Crippen LogP) is 13.3. The van der Waals surface area contributed by atoms with E-state index in [4.69, 9.17) is 9.97 Å². The van der Waals surface area contributed by atoms with Crippen molar-refractivity contribution in [3.05, 3.63) is 181 Å². The zero-order chi connectivity index (χ0) is 34.9. The Balaban J connectivity index is 1.08. The van der Waals surface area contributed by atoms with Crippen LogP contribution in [-0.2, 0) is 12.8 Å². The molecule has 0 bridgehead atoms. The number of fused-ring (bicyclic) bond motifs is 7. The van der Waals surface area contributed by atoms with Gasteiger partial charge in [0.05, 0.1) is 11.4 Å². The van der Waals surface area contributed by atoms with Crippen molar-refractivity contribution in [3.8, 4) is 78.1 Å². The van der Waals surface area contributed by atoms with Crippen LogP contribution in [-0.4, -0.2) is 9.97 Å². The molecule has 7 aromatic carbocycles. The van der Waals surface area contributed by atoms with Gasteiger partial charge in [-0.05, 0) is 125 Å². The predicted molar refractivity (Wildman–Crippen MR) is 221 cm³/mol. The molecule has 0 spiro atoms. The van der Waals surface area contributed by atoms with Crippen LogP contribution in [0, 0.1) is 0 Å². The maximum Gasteiger partial charge on any atom is 0.0921 e. The van der Waals surface area contributed by atoms with Gasteiger partial charge in [-0.3, -0.25) is 9.97 Å². The topological polar surface area (TPSA) is 25.8 Å². The minimum absolute atomic E-state index is 1.02. The van der Waals surface area contributed by atoms with Crippen molar-refractivity contribution in [2.75, 3.05) is 0 Å². The fourth-order valence-corrected chi connectivity index (χ4v) is 9.10.